The zero-order valence-corrected chi connectivity index (χ0v) is 13.0. The van der Waals surface area contributed by atoms with E-state index in [-0.39, 0.29) is 5.97 Å². The third kappa shape index (κ3) is 1.86. The molecule has 2 aromatic rings. The normalized spacial score (nSPS) is 14.6. The van der Waals surface area contributed by atoms with E-state index in [4.69, 9.17) is 30.0 Å². The monoisotopic (exact) mass is 302 g/mol. The van der Waals surface area contributed by atoms with Gasteiger partial charge in [0.25, 0.3) is 0 Å². The number of esters is 1. The molecule has 0 aliphatic heterocycles. The molecule has 0 spiro atoms. The summed E-state index contributed by atoms with van der Waals surface area (Å²) in [4.78, 5) is 11.7. The summed E-state index contributed by atoms with van der Waals surface area (Å²) in [7, 11) is 1.38. The van der Waals surface area contributed by atoms with E-state index in [9.17, 15) is 4.79 Å². The van der Waals surface area contributed by atoms with Crippen molar-refractivity contribution in [3.63, 3.8) is 0 Å². The van der Waals surface area contributed by atoms with Crippen LogP contribution in [0.1, 0.15) is 27.0 Å². The molecule has 0 unspecified atom stereocenters. The number of rotatable bonds is 1. The Hall–Kier alpha value is -1.39. The van der Waals surface area contributed by atoms with Gasteiger partial charge >= 0.3 is 5.97 Å². The lowest BCUT2D eigenvalue weighted by atomic mass is 10.0. The Balaban J connectivity index is 2.27. The van der Waals surface area contributed by atoms with Crippen LogP contribution < -0.4 is 0 Å². The summed E-state index contributed by atoms with van der Waals surface area (Å²) in [6.07, 6.45) is 0. The minimum Gasteiger partial charge on any atom is -0.465 e. The molecule has 0 bridgehead atoms. The molecule has 1 aliphatic rings. The molecule has 0 heterocycles. The van der Waals surface area contributed by atoms with Crippen molar-refractivity contribution in [2.75, 3.05) is 7.11 Å². The summed E-state index contributed by atoms with van der Waals surface area (Å²) in [6.45, 7) is 2.04. The molecule has 0 radical (unpaired) electrons. The van der Waals surface area contributed by atoms with Crippen molar-refractivity contribution < 1.29 is 9.53 Å². The summed E-state index contributed by atoms with van der Waals surface area (Å²) in [5.41, 5.74) is 5.83. The summed E-state index contributed by atoms with van der Waals surface area (Å²) in [5.74, 6) is -0.335. The standard InChI is InChI=1S/C16H14O2S2/c1-9-3-5-13-11(7-9)12-8-10(15(17)18-2)4-6-14(12)16(13,19)20/h3-8,19-20H,1-2H3. The van der Waals surface area contributed by atoms with Crippen molar-refractivity contribution in [2.24, 2.45) is 0 Å². The van der Waals surface area contributed by atoms with Crippen molar-refractivity contribution in [3.05, 3.63) is 58.7 Å². The SMILES string of the molecule is COC(=O)c1ccc2c(c1)-c1cc(C)ccc1C2(S)S. The molecule has 102 valence electrons. The fourth-order valence-corrected chi connectivity index (χ4v) is 3.43. The second kappa shape index (κ2) is 4.57. The second-order valence-corrected chi connectivity index (χ2v) is 6.67. The Labute approximate surface area is 129 Å². The maximum atomic E-state index is 11.7. The van der Waals surface area contributed by atoms with Crippen LogP contribution in [0, 0.1) is 6.92 Å². The molecule has 0 saturated carbocycles. The quantitative estimate of drug-likeness (QED) is 0.476. The lowest BCUT2D eigenvalue weighted by molar-refractivity contribution is 0.0601. The van der Waals surface area contributed by atoms with Gasteiger partial charge in [-0.05, 0) is 41.3 Å². The summed E-state index contributed by atoms with van der Waals surface area (Å²) < 4.78 is 4.15. The molecule has 0 N–H and O–H groups in total. The third-order valence-corrected chi connectivity index (χ3v) is 4.62. The molecule has 0 amide bonds. The van der Waals surface area contributed by atoms with E-state index in [1.807, 2.05) is 31.2 Å². The van der Waals surface area contributed by atoms with Gasteiger partial charge in [-0.1, -0.05) is 29.8 Å². The Morgan fingerprint density at radius 3 is 2.30 bits per heavy atom. The fourth-order valence-electron chi connectivity index (χ4n) is 2.65. The highest BCUT2D eigenvalue weighted by molar-refractivity contribution is 8.00. The van der Waals surface area contributed by atoms with Crippen LogP contribution in [-0.4, -0.2) is 13.1 Å². The number of thiol groups is 2. The molecule has 0 saturated heterocycles. The lowest BCUT2D eigenvalue weighted by Crippen LogP contribution is -2.08. The summed E-state index contributed by atoms with van der Waals surface area (Å²) in [6, 6.07) is 11.7. The number of benzene rings is 2. The third-order valence-electron chi connectivity index (χ3n) is 3.66. The van der Waals surface area contributed by atoms with E-state index in [0.29, 0.717) is 5.56 Å². The Morgan fingerprint density at radius 1 is 1.05 bits per heavy atom. The maximum absolute atomic E-state index is 11.7. The van der Waals surface area contributed by atoms with E-state index < -0.39 is 4.08 Å². The van der Waals surface area contributed by atoms with Gasteiger partial charge in [0, 0.05) is 0 Å². The molecule has 20 heavy (non-hydrogen) atoms. The van der Waals surface area contributed by atoms with Crippen LogP contribution in [-0.2, 0) is 8.82 Å². The van der Waals surface area contributed by atoms with Gasteiger partial charge in [-0.2, -0.15) is 25.3 Å². The van der Waals surface area contributed by atoms with Crippen molar-refractivity contribution in [1.29, 1.82) is 0 Å². The number of methoxy groups -OCH3 is 1. The Bertz CT molecular complexity index is 720. The van der Waals surface area contributed by atoms with E-state index in [0.717, 1.165) is 27.8 Å². The van der Waals surface area contributed by atoms with Gasteiger partial charge in [0.1, 0.15) is 4.08 Å². The van der Waals surface area contributed by atoms with Crippen molar-refractivity contribution in [1.82, 2.24) is 0 Å². The predicted octanol–water partition coefficient (Wildman–Crippen LogP) is 3.82. The van der Waals surface area contributed by atoms with Crippen molar-refractivity contribution >= 4 is 31.2 Å². The van der Waals surface area contributed by atoms with E-state index in [2.05, 4.69) is 6.07 Å². The molecule has 0 aromatic heterocycles. The first kappa shape index (κ1) is 13.6. The minimum absolute atomic E-state index is 0.335. The predicted molar refractivity (Wildman–Crippen MR) is 86.7 cm³/mol. The highest BCUT2D eigenvalue weighted by Crippen LogP contribution is 2.53. The average molecular weight is 302 g/mol. The number of carbonyl (C=O) groups is 1. The number of aryl methyl sites for hydroxylation is 1. The topological polar surface area (TPSA) is 26.3 Å². The minimum atomic E-state index is -0.632. The molecule has 0 fully saturated rings. The fraction of sp³-hybridized carbons (Fsp3) is 0.188. The van der Waals surface area contributed by atoms with Crippen LogP contribution in [0.15, 0.2) is 36.4 Å². The number of hydrogen-bond donors (Lipinski definition) is 2. The average Bonchev–Trinajstić information content (AvgIpc) is 2.66. The summed E-state index contributed by atoms with van der Waals surface area (Å²) in [5, 5.41) is 0. The van der Waals surface area contributed by atoms with Gasteiger partial charge in [0.15, 0.2) is 0 Å². The van der Waals surface area contributed by atoms with E-state index >= 15 is 0 Å². The molecule has 2 nitrogen and oxygen atoms in total. The first-order valence-electron chi connectivity index (χ1n) is 6.24. The highest BCUT2D eigenvalue weighted by atomic mass is 32.2. The van der Waals surface area contributed by atoms with Gasteiger partial charge in [-0.25, -0.2) is 4.79 Å². The number of carbonyl (C=O) groups excluding carboxylic acids is 1. The van der Waals surface area contributed by atoms with Gasteiger partial charge < -0.3 is 4.74 Å². The van der Waals surface area contributed by atoms with Crippen LogP contribution >= 0.6 is 25.3 Å². The molecule has 3 rings (SSSR count). The lowest BCUT2D eigenvalue weighted by Gasteiger charge is -2.19. The zero-order valence-electron chi connectivity index (χ0n) is 11.2. The van der Waals surface area contributed by atoms with Crippen LogP contribution in [0.4, 0.5) is 0 Å². The second-order valence-electron chi connectivity index (χ2n) is 4.97. The largest absolute Gasteiger partial charge is 0.465 e. The molecule has 4 heteroatoms. The van der Waals surface area contributed by atoms with Crippen LogP contribution in [0.5, 0.6) is 0 Å². The Morgan fingerprint density at radius 2 is 1.65 bits per heavy atom. The molecule has 2 aromatic carbocycles. The first-order valence-corrected chi connectivity index (χ1v) is 7.13. The molecule has 0 atom stereocenters. The van der Waals surface area contributed by atoms with Crippen molar-refractivity contribution in [3.8, 4) is 11.1 Å². The molecular weight excluding hydrogens is 288 g/mol. The maximum Gasteiger partial charge on any atom is 0.337 e. The number of ether oxygens (including phenoxy) is 1. The van der Waals surface area contributed by atoms with Gasteiger partial charge in [-0.15, -0.1) is 0 Å². The van der Waals surface area contributed by atoms with Crippen molar-refractivity contribution in [2.45, 2.75) is 11.0 Å². The van der Waals surface area contributed by atoms with Gasteiger partial charge in [-0.3, -0.25) is 0 Å². The smallest absolute Gasteiger partial charge is 0.337 e. The number of fused-ring (bicyclic) bond motifs is 3. The molecule has 1 aliphatic carbocycles. The number of hydrogen-bond acceptors (Lipinski definition) is 4. The van der Waals surface area contributed by atoms with E-state index in [1.165, 1.54) is 7.11 Å². The van der Waals surface area contributed by atoms with Gasteiger partial charge in [0.2, 0.25) is 0 Å². The van der Waals surface area contributed by atoms with Crippen LogP contribution in [0.25, 0.3) is 11.1 Å². The zero-order chi connectivity index (χ0) is 14.5. The van der Waals surface area contributed by atoms with Crippen LogP contribution in [0.3, 0.4) is 0 Å². The molecular formula is C16H14O2S2. The summed E-state index contributed by atoms with van der Waals surface area (Å²) >= 11 is 9.40. The highest BCUT2D eigenvalue weighted by Gasteiger charge is 2.37. The van der Waals surface area contributed by atoms with Crippen LogP contribution in [0.2, 0.25) is 0 Å². The Kier molecular flexibility index (Phi) is 3.10. The first-order chi connectivity index (χ1) is 9.45. The van der Waals surface area contributed by atoms with Gasteiger partial charge in [0.05, 0.1) is 12.7 Å². The van der Waals surface area contributed by atoms with E-state index in [1.54, 1.807) is 6.07 Å².